The monoisotopic (exact) mass is 424 g/mol. The zero-order chi connectivity index (χ0) is 21.9. The van der Waals surface area contributed by atoms with E-state index in [4.69, 9.17) is 9.97 Å². The third-order valence-corrected chi connectivity index (χ3v) is 5.36. The van der Waals surface area contributed by atoms with Crippen molar-refractivity contribution in [3.63, 3.8) is 0 Å². The fourth-order valence-corrected chi connectivity index (χ4v) is 3.78. The molecule has 0 saturated carbocycles. The quantitative estimate of drug-likeness (QED) is 0.259. The molecule has 7 nitrogen and oxygen atoms in total. The van der Waals surface area contributed by atoms with Crippen LogP contribution >= 0.6 is 0 Å². The van der Waals surface area contributed by atoms with E-state index in [1.807, 2.05) is 73.7 Å². The van der Waals surface area contributed by atoms with Crippen molar-refractivity contribution >= 4 is 39.0 Å². The fraction of sp³-hybridized carbons (Fsp3) is 0.160. The Balaban J connectivity index is 1.58. The zero-order valence-electron chi connectivity index (χ0n) is 17.7. The molecule has 4 N–H and O–H groups in total. The first-order valence-corrected chi connectivity index (χ1v) is 10.7. The normalized spacial score (nSPS) is 12.2. The minimum Gasteiger partial charge on any atom is -0.374 e. The van der Waals surface area contributed by atoms with Gasteiger partial charge in [-0.15, -0.1) is 0 Å². The zero-order valence-corrected chi connectivity index (χ0v) is 17.7. The lowest BCUT2D eigenvalue weighted by Crippen LogP contribution is -2.18. The molecule has 1 atom stereocenters. The highest BCUT2D eigenvalue weighted by atomic mass is 16.3. The number of aliphatic hydroxyl groups excluding tert-OH is 1. The molecule has 0 aliphatic rings. The van der Waals surface area contributed by atoms with Gasteiger partial charge in [-0.05, 0) is 48.9 Å². The Morgan fingerprint density at radius 3 is 2.75 bits per heavy atom. The van der Waals surface area contributed by atoms with E-state index in [2.05, 4.69) is 20.8 Å². The first-order valence-electron chi connectivity index (χ1n) is 10.7. The van der Waals surface area contributed by atoms with Gasteiger partial charge in [0.05, 0.1) is 17.2 Å². The van der Waals surface area contributed by atoms with Gasteiger partial charge in [0, 0.05) is 27.7 Å². The first kappa shape index (κ1) is 20.0. The van der Waals surface area contributed by atoms with Crippen LogP contribution in [0.15, 0.2) is 72.9 Å². The average molecular weight is 425 g/mol. The summed E-state index contributed by atoms with van der Waals surface area (Å²) in [6.07, 6.45) is 2.72. The summed E-state index contributed by atoms with van der Waals surface area (Å²) in [6, 6.07) is 21.7. The summed E-state index contributed by atoms with van der Waals surface area (Å²) in [5, 5.41) is 26.0. The standard InChI is InChI=1S/C25H24N6O/c1-2-7-23(32)28-21-10-5-3-8-18(21)25-29-22-11-6-4-9-19(22)24(30-25)27-17-12-13-20-16(14-17)15-26-31-20/h3-6,8-15,23,28,32H,2,7H2,1H3,(H,26,31)(H,27,29,30). The summed E-state index contributed by atoms with van der Waals surface area (Å²) in [5.41, 5.74) is 4.37. The summed E-state index contributed by atoms with van der Waals surface area (Å²) in [5.74, 6) is 1.31. The summed E-state index contributed by atoms with van der Waals surface area (Å²) >= 11 is 0. The van der Waals surface area contributed by atoms with Crippen molar-refractivity contribution in [2.75, 3.05) is 10.6 Å². The number of fused-ring (bicyclic) bond motifs is 2. The summed E-state index contributed by atoms with van der Waals surface area (Å²) < 4.78 is 0. The summed E-state index contributed by atoms with van der Waals surface area (Å²) in [6.45, 7) is 2.04. The number of aromatic nitrogens is 4. The Morgan fingerprint density at radius 2 is 1.84 bits per heavy atom. The fourth-order valence-electron chi connectivity index (χ4n) is 3.78. The Bertz CT molecular complexity index is 1380. The van der Waals surface area contributed by atoms with Crippen LogP contribution in [0, 0.1) is 0 Å². The van der Waals surface area contributed by atoms with Crippen LogP contribution in [0.2, 0.25) is 0 Å². The number of rotatable bonds is 7. The maximum absolute atomic E-state index is 10.3. The average Bonchev–Trinajstić information content (AvgIpc) is 3.27. The van der Waals surface area contributed by atoms with Crippen LogP contribution in [-0.4, -0.2) is 31.5 Å². The van der Waals surface area contributed by atoms with E-state index in [-0.39, 0.29) is 0 Å². The lowest BCUT2D eigenvalue weighted by atomic mass is 10.1. The van der Waals surface area contributed by atoms with E-state index < -0.39 is 6.23 Å². The van der Waals surface area contributed by atoms with E-state index in [1.165, 1.54) is 0 Å². The highest BCUT2D eigenvalue weighted by molar-refractivity contribution is 5.94. The lowest BCUT2D eigenvalue weighted by Gasteiger charge is -2.17. The molecule has 0 spiro atoms. The predicted molar refractivity (Wildman–Crippen MR) is 129 cm³/mol. The molecule has 1 unspecified atom stereocenters. The van der Waals surface area contributed by atoms with Gasteiger partial charge >= 0.3 is 0 Å². The Hall–Kier alpha value is -3.97. The van der Waals surface area contributed by atoms with Crippen molar-refractivity contribution in [1.29, 1.82) is 0 Å². The smallest absolute Gasteiger partial charge is 0.164 e. The molecule has 0 saturated heterocycles. The molecule has 3 aromatic carbocycles. The van der Waals surface area contributed by atoms with Crippen molar-refractivity contribution in [3.05, 3.63) is 72.9 Å². The van der Waals surface area contributed by atoms with Gasteiger partial charge in [-0.25, -0.2) is 9.97 Å². The number of hydrogen-bond acceptors (Lipinski definition) is 6. The predicted octanol–water partition coefficient (Wildman–Crippen LogP) is 5.45. The van der Waals surface area contributed by atoms with Crippen LogP contribution < -0.4 is 10.6 Å². The molecule has 2 aromatic heterocycles. The SMILES string of the molecule is CCCC(O)Nc1ccccc1-c1nc(Nc2ccc3[nH]ncc3c2)c2ccccc2n1. The molecule has 0 fully saturated rings. The third kappa shape index (κ3) is 3.98. The molecule has 32 heavy (non-hydrogen) atoms. The number of nitrogens with one attached hydrogen (secondary N) is 3. The van der Waals surface area contributed by atoms with Gasteiger partial charge in [0.1, 0.15) is 12.0 Å². The molecule has 5 rings (SSSR count). The molecule has 0 aliphatic heterocycles. The largest absolute Gasteiger partial charge is 0.374 e. The van der Waals surface area contributed by atoms with Gasteiger partial charge in [-0.2, -0.15) is 5.10 Å². The molecular weight excluding hydrogens is 400 g/mol. The van der Waals surface area contributed by atoms with Crippen molar-refractivity contribution in [2.45, 2.75) is 26.0 Å². The molecule has 0 bridgehead atoms. The second kappa shape index (κ2) is 8.64. The van der Waals surface area contributed by atoms with Gasteiger partial charge in [0.15, 0.2) is 5.82 Å². The minimum atomic E-state index is -0.624. The van der Waals surface area contributed by atoms with Crippen LogP contribution in [0.5, 0.6) is 0 Å². The van der Waals surface area contributed by atoms with Crippen LogP contribution in [0.4, 0.5) is 17.2 Å². The van der Waals surface area contributed by atoms with Crippen LogP contribution in [0.3, 0.4) is 0 Å². The molecular formula is C25H24N6O. The van der Waals surface area contributed by atoms with Crippen molar-refractivity contribution in [3.8, 4) is 11.4 Å². The highest BCUT2D eigenvalue weighted by Gasteiger charge is 2.14. The van der Waals surface area contributed by atoms with E-state index in [0.29, 0.717) is 12.2 Å². The third-order valence-electron chi connectivity index (χ3n) is 5.36. The Morgan fingerprint density at radius 1 is 1.00 bits per heavy atom. The van der Waals surface area contributed by atoms with Gasteiger partial charge in [0.25, 0.3) is 0 Å². The second-order valence-electron chi connectivity index (χ2n) is 7.70. The topological polar surface area (TPSA) is 98.8 Å². The molecule has 0 radical (unpaired) electrons. The molecule has 7 heteroatoms. The van der Waals surface area contributed by atoms with Crippen molar-refractivity contribution in [2.24, 2.45) is 0 Å². The number of nitrogens with zero attached hydrogens (tertiary/aromatic N) is 3. The number of para-hydroxylation sites is 2. The maximum Gasteiger partial charge on any atom is 0.164 e. The van der Waals surface area contributed by atoms with Gasteiger partial charge in [0.2, 0.25) is 0 Å². The van der Waals surface area contributed by atoms with Gasteiger partial charge < -0.3 is 15.7 Å². The maximum atomic E-state index is 10.3. The molecule has 5 aromatic rings. The lowest BCUT2D eigenvalue weighted by molar-refractivity contribution is 0.192. The second-order valence-corrected chi connectivity index (χ2v) is 7.70. The van der Waals surface area contributed by atoms with Crippen LogP contribution in [-0.2, 0) is 0 Å². The van der Waals surface area contributed by atoms with Gasteiger partial charge in [-0.1, -0.05) is 37.6 Å². The number of anilines is 3. The number of aliphatic hydroxyl groups is 1. The number of benzene rings is 3. The minimum absolute atomic E-state index is 0.586. The highest BCUT2D eigenvalue weighted by Crippen LogP contribution is 2.31. The van der Waals surface area contributed by atoms with E-state index in [0.717, 1.165) is 51.0 Å². The summed E-state index contributed by atoms with van der Waals surface area (Å²) in [4.78, 5) is 9.70. The van der Waals surface area contributed by atoms with Gasteiger partial charge in [-0.3, -0.25) is 5.10 Å². The molecule has 2 heterocycles. The van der Waals surface area contributed by atoms with E-state index in [9.17, 15) is 5.11 Å². The number of hydrogen-bond donors (Lipinski definition) is 4. The Labute approximate surface area is 185 Å². The van der Waals surface area contributed by atoms with Crippen molar-refractivity contribution < 1.29 is 5.11 Å². The Kier molecular flexibility index (Phi) is 5.39. The summed E-state index contributed by atoms with van der Waals surface area (Å²) in [7, 11) is 0. The number of aromatic amines is 1. The number of H-pyrrole nitrogens is 1. The molecule has 0 aliphatic carbocycles. The van der Waals surface area contributed by atoms with Crippen molar-refractivity contribution in [1.82, 2.24) is 20.2 Å². The molecule has 0 amide bonds. The van der Waals surface area contributed by atoms with Crippen LogP contribution in [0.1, 0.15) is 19.8 Å². The first-order chi connectivity index (χ1) is 15.7. The van der Waals surface area contributed by atoms with E-state index in [1.54, 1.807) is 6.20 Å². The molecule has 160 valence electrons. The van der Waals surface area contributed by atoms with Crippen LogP contribution in [0.25, 0.3) is 33.2 Å². The van der Waals surface area contributed by atoms with E-state index >= 15 is 0 Å².